The second kappa shape index (κ2) is 24.3. The average molecular weight is 787 g/mol. The van der Waals surface area contributed by atoms with Gasteiger partial charge in [-0.05, 0) is 84.4 Å². The van der Waals surface area contributed by atoms with Gasteiger partial charge in [0.1, 0.15) is 17.6 Å². The van der Waals surface area contributed by atoms with E-state index in [1.165, 1.54) is 0 Å². The second-order valence-electron chi connectivity index (χ2n) is 14.7. The van der Waals surface area contributed by atoms with E-state index >= 15 is 0 Å². The molecule has 1 fully saturated rings. The van der Waals surface area contributed by atoms with Crippen molar-refractivity contribution in [2.45, 2.75) is 141 Å². The van der Waals surface area contributed by atoms with Gasteiger partial charge >= 0.3 is 0 Å². The molecule has 0 N–H and O–H groups in total. The Morgan fingerprint density at radius 2 is 1.36 bits per heavy atom. The van der Waals surface area contributed by atoms with E-state index in [1.54, 1.807) is 26.4 Å². The first-order valence-electron chi connectivity index (χ1n) is 20.6. The van der Waals surface area contributed by atoms with E-state index in [9.17, 15) is 4.79 Å². The highest BCUT2D eigenvalue weighted by Crippen LogP contribution is 2.31. The quantitative estimate of drug-likeness (QED) is 0.0429. The highest BCUT2D eigenvalue weighted by Gasteiger charge is 2.37. The maximum Gasteiger partial charge on any atom is 0.193 e. The number of rotatable bonds is 27. The first-order chi connectivity index (χ1) is 27.3. The predicted octanol–water partition coefficient (Wildman–Crippen LogP) is 10.6. The summed E-state index contributed by atoms with van der Waals surface area (Å²) in [6, 6.07) is 28.6. The molecule has 0 unspecified atom stereocenters. The van der Waals surface area contributed by atoms with Crippen LogP contribution in [-0.2, 0) is 48.0 Å². The van der Waals surface area contributed by atoms with Gasteiger partial charge in [0, 0.05) is 6.42 Å². The first kappa shape index (κ1) is 45.1. The summed E-state index contributed by atoms with van der Waals surface area (Å²) >= 11 is 0. The fourth-order valence-corrected chi connectivity index (χ4v) is 9.99. The van der Waals surface area contributed by atoms with Crippen LogP contribution >= 0.6 is 0 Å². The number of hydrogen-bond donors (Lipinski definition) is 0. The number of hydrogen-bond acceptors (Lipinski definition) is 8. The van der Waals surface area contributed by atoms with Gasteiger partial charge in [-0.1, -0.05) is 107 Å². The van der Waals surface area contributed by atoms with Crippen LogP contribution in [0.1, 0.15) is 82.9 Å². The Balaban J connectivity index is 1.51. The molecule has 1 aliphatic heterocycles. The van der Waals surface area contributed by atoms with Gasteiger partial charge in [-0.3, -0.25) is 4.79 Å². The molecule has 0 spiro atoms. The summed E-state index contributed by atoms with van der Waals surface area (Å²) in [5, 5.41) is 0. The minimum atomic E-state index is -2.09. The number of unbranched alkanes of at least 4 members (excludes halogenated alkanes) is 1. The SMILES string of the molecule is C=C[C@@H](O[Si](CC)(CC)CC)[C@H](OCc1ccccc1)C(=O)/C=C/[C@H](C[C@H]1CC[C@H]([C@@H](CCCC)OCc2ccc(OC)cc2)O1)OCc1ccc(OC)cc1. The molecule has 0 radical (unpaired) electrons. The zero-order valence-corrected chi connectivity index (χ0v) is 35.7. The van der Waals surface area contributed by atoms with Crippen LogP contribution in [0.2, 0.25) is 18.1 Å². The molecule has 3 aromatic carbocycles. The molecule has 8 nitrogen and oxygen atoms in total. The van der Waals surface area contributed by atoms with Crippen molar-refractivity contribution in [3.63, 3.8) is 0 Å². The zero-order chi connectivity index (χ0) is 40.2. The molecule has 1 heterocycles. The highest BCUT2D eigenvalue weighted by atomic mass is 28.4. The van der Waals surface area contributed by atoms with Gasteiger partial charge < -0.3 is 32.8 Å². The Kier molecular flexibility index (Phi) is 19.5. The molecule has 0 amide bonds. The van der Waals surface area contributed by atoms with E-state index in [2.05, 4.69) is 34.3 Å². The molecule has 1 aliphatic rings. The summed E-state index contributed by atoms with van der Waals surface area (Å²) in [6.07, 6.45) is 8.84. The largest absolute Gasteiger partial charge is 0.497 e. The van der Waals surface area contributed by atoms with Crippen molar-refractivity contribution < 1.29 is 37.6 Å². The van der Waals surface area contributed by atoms with Crippen molar-refractivity contribution in [3.8, 4) is 11.5 Å². The van der Waals surface area contributed by atoms with Crippen molar-refractivity contribution in [1.29, 1.82) is 0 Å². The molecule has 56 heavy (non-hydrogen) atoms. The van der Waals surface area contributed by atoms with Gasteiger partial charge in [-0.2, -0.15) is 0 Å². The van der Waals surface area contributed by atoms with Crippen molar-refractivity contribution in [2.75, 3.05) is 14.2 Å². The number of ketones is 1. The van der Waals surface area contributed by atoms with E-state index in [1.807, 2.05) is 84.9 Å². The summed E-state index contributed by atoms with van der Waals surface area (Å²) in [4.78, 5) is 14.2. The van der Waals surface area contributed by atoms with E-state index < -0.39 is 20.5 Å². The van der Waals surface area contributed by atoms with Crippen LogP contribution in [-0.4, -0.2) is 64.9 Å². The number of ether oxygens (including phenoxy) is 6. The van der Waals surface area contributed by atoms with Crippen molar-refractivity contribution >= 4 is 14.1 Å². The molecule has 0 bridgehead atoms. The number of carbonyl (C=O) groups is 1. The van der Waals surface area contributed by atoms with Gasteiger partial charge in [-0.25, -0.2) is 0 Å². The van der Waals surface area contributed by atoms with Crippen LogP contribution in [0, 0.1) is 0 Å². The summed E-state index contributed by atoms with van der Waals surface area (Å²) in [5.74, 6) is 1.44. The van der Waals surface area contributed by atoms with Crippen LogP contribution < -0.4 is 9.47 Å². The minimum absolute atomic E-state index is 0.0128. The lowest BCUT2D eigenvalue weighted by Crippen LogP contribution is -2.46. The van der Waals surface area contributed by atoms with Crippen molar-refractivity contribution in [3.05, 3.63) is 120 Å². The lowest BCUT2D eigenvalue weighted by molar-refractivity contribution is -0.131. The molecular weight excluding hydrogens is 721 g/mol. The summed E-state index contributed by atoms with van der Waals surface area (Å²) in [5.41, 5.74) is 3.10. The van der Waals surface area contributed by atoms with E-state index in [0.29, 0.717) is 19.6 Å². The maximum atomic E-state index is 14.2. The Bertz CT molecular complexity index is 1570. The Labute approximate surface area is 337 Å². The van der Waals surface area contributed by atoms with Crippen LogP contribution in [0.5, 0.6) is 11.5 Å². The van der Waals surface area contributed by atoms with Crippen molar-refractivity contribution in [1.82, 2.24) is 0 Å². The molecule has 1 saturated heterocycles. The van der Waals surface area contributed by atoms with E-state index in [0.717, 1.165) is 78.4 Å². The summed E-state index contributed by atoms with van der Waals surface area (Å²) in [7, 11) is 1.24. The molecule has 0 aliphatic carbocycles. The van der Waals surface area contributed by atoms with Crippen LogP contribution in [0.3, 0.4) is 0 Å². The van der Waals surface area contributed by atoms with Gasteiger partial charge in [-0.15, -0.1) is 6.58 Å². The average Bonchev–Trinajstić information content (AvgIpc) is 3.72. The molecule has 3 aromatic rings. The molecule has 306 valence electrons. The summed E-state index contributed by atoms with van der Waals surface area (Å²) in [6.45, 7) is 14.0. The fraction of sp³-hybridized carbons (Fsp3) is 0.511. The third-order valence-corrected chi connectivity index (χ3v) is 15.7. The van der Waals surface area contributed by atoms with Gasteiger partial charge in [0.2, 0.25) is 0 Å². The van der Waals surface area contributed by atoms with E-state index in [4.69, 9.17) is 32.8 Å². The maximum absolute atomic E-state index is 14.2. The predicted molar refractivity (Wildman–Crippen MR) is 227 cm³/mol. The normalized spacial score (nSPS) is 18.0. The number of benzene rings is 3. The smallest absolute Gasteiger partial charge is 0.193 e. The highest BCUT2D eigenvalue weighted by molar-refractivity contribution is 6.73. The zero-order valence-electron chi connectivity index (χ0n) is 34.7. The lowest BCUT2D eigenvalue weighted by atomic mass is 10.0. The second-order valence-corrected chi connectivity index (χ2v) is 19.4. The molecule has 4 rings (SSSR count). The van der Waals surface area contributed by atoms with Gasteiger partial charge in [0.25, 0.3) is 0 Å². The third kappa shape index (κ3) is 14.1. The molecule has 9 heteroatoms. The fourth-order valence-electron chi connectivity index (χ4n) is 7.19. The first-order valence-corrected chi connectivity index (χ1v) is 23.1. The van der Waals surface area contributed by atoms with Crippen LogP contribution in [0.15, 0.2) is 104 Å². The Morgan fingerprint density at radius 3 is 1.91 bits per heavy atom. The number of carbonyl (C=O) groups excluding carboxylic acids is 1. The molecule has 0 saturated carbocycles. The van der Waals surface area contributed by atoms with Crippen LogP contribution in [0.25, 0.3) is 0 Å². The van der Waals surface area contributed by atoms with Crippen molar-refractivity contribution in [2.24, 2.45) is 0 Å². The topological polar surface area (TPSA) is 81.7 Å². The van der Waals surface area contributed by atoms with Crippen LogP contribution in [0.4, 0.5) is 0 Å². The van der Waals surface area contributed by atoms with E-state index in [-0.39, 0.29) is 36.8 Å². The summed E-state index contributed by atoms with van der Waals surface area (Å²) < 4.78 is 43.7. The van der Waals surface area contributed by atoms with Gasteiger partial charge in [0.05, 0.1) is 64.6 Å². The Hall–Kier alpha value is -3.57. The number of methoxy groups -OCH3 is 2. The third-order valence-electron chi connectivity index (χ3n) is 11.0. The standard InChI is InChI=1S/C47H66O8Si/c1-8-13-19-45(52-34-38-22-26-40(50-7)27-23-38)46-31-29-42(54-46)32-41(51-33-37-20-24-39(49-6)25-21-37)28-30-43(48)47(53-35-36-17-15-14-16-18-36)44(9-2)55-56(10-3,11-4)12-5/h9,14-18,20-28,30,41-42,44-47H,2,8,10-13,19,29,31-35H2,1,3-7H3/b30-28+/t41-,42-,44-,45-,46-,47-/m1/s1. The minimum Gasteiger partial charge on any atom is -0.497 e. The molecular formula is C47H66O8Si. The Morgan fingerprint density at radius 1 is 0.786 bits per heavy atom. The molecule has 0 aromatic heterocycles. The van der Waals surface area contributed by atoms with Gasteiger partial charge in [0.15, 0.2) is 14.1 Å². The monoisotopic (exact) mass is 786 g/mol. The molecule has 6 atom stereocenters. The lowest BCUT2D eigenvalue weighted by Gasteiger charge is -2.35.